The van der Waals surface area contributed by atoms with E-state index >= 15 is 0 Å². The molecule has 1 saturated carbocycles. The van der Waals surface area contributed by atoms with Crippen molar-refractivity contribution in [3.8, 4) is 11.5 Å². The standard InChI is InChI=1S/C12H14ClNO6S/c1-19-12-10(20-7-8-3-2-4-8)5-9(14(15)16)6-11(12)21(13,17)18/h5-6,8H,2-4,7H2,1H3. The van der Waals surface area contributed by atoms with Gasteiger partial charge in [-0.05, 0) is 18.8 Å². The van der Waals surface area contributed by atoms with Gasteiger partial charge in [-0.1, -0.05) is 6.42 Å². The molecule has 0 aliphatic heterocycles. The third-order valence-corrected chi connectivity index (χ3v) is 4.71. The summed E-state index contributed by atoms with van der Waals surface area (Å²) >= 11 is 0. The van der Waals surface area contributed by atoms with E-state index in [1.807, 2.05) is 0 Å². The molecule has 0 spiro atoms. The summed E-state index contributed by atoms with van der Waals surface area (Å²) in [5, 5.41) is 10.9. The van der Waals surface area contributed by atoms with Crippen LogP contribution in [-0.2, 0) is 9.05 Å². The summed E-state index contributed by atoms with van der Waals surface area (Å²) in [5.41, 5.74) is -0.418. The Bertz CT molecular complexity index is 656. The van der Waals surface area contributed by atoms with Crippen LogP contribution in [0.25, 0.3) is 0 Å². The number of halogens is 1. The fourth-order valence-electron chi connectivity index (χ4n) is 2.02. The lowest BCUT2D eigenvalue weighted by Crippen LogP contribution is -2.19. The minimum absolute atomic E-state index is 0.0119. The van der Waals surface area contributed by atoms with E-state index in [0.717, 1.165) is 31.4 Å². The summed E-state index contributed by atoms with van der Waals surface area (Å²) < 4.78 is 33.6. The zero-order valence-electron chi connectivity index (χ0n) is 11.2. The van der Waals surface area contributed by atoms with Crippen molar-refractivity contribution in [2.75, 3.05) is 13.7 Å². The van der Waals surface area contributed by atoms with Gasteiger partial charge in [0.15, 0.2) is 11.5 Å². The molecule has 7 nitrogen and oxygen atoms in total. The Kier molecular flexibility index (Phi) is 4.58. The van der Waals surface area contributed by atoms with Crippen LogP contribution in [0.1, 0.15) is 19.3 Å². The summed E-state index contributed by atoms with van der Waals surface area (Å²) in [7, 11) is 2.37. The molecule has 0 aromatic heterocycles. The molecule has 0 amide bonds. The summed E-state index contributed by atoms with van der Waals surface area (Å²) in [5.74, 6) is 0.276. The first-order valence-electron chi connectivity index (χ1n) is 6.27. The lowest BCUT2D eigenvalue weighted by Gasteiger charge is -2.25. The molecule has 1 aromatic rings. The van der Waals surface area contributed by atoms with Crippen LogP contribution in [0.15, 0.2) is 17.0 Å². The van der Waals surface area contributed by atoms with Gasteiger partial charge in [0.25, 0.3) is 14.7 Å². The van der Waals surface area contributed by atoms with Crippen molar-refractivity contribution < 1.29 is 22.8 Å². The van der Waals surface area contributed by atoms with Crippen LogP contribution in [0.5, 0.6) is 11.5 Å². The number of benzene rings is 1. The van der Waals surface area contributed by atoms with Gasteiger partial charge in [0.05, 0.1) is 24.7 Å². The Labute approximate surface area is 126 Å². The molecule has 0 heterocycles. The highest BCUT2D eigenvalue weighted by Crippen LogP contribution is 2.40. The Morgan fingerprint density at radius 2 is 2.10 bits per heavy atom. The maximum absolute atomic E-state index is 11.6. The van der Waals surface area contributed by atoms with Crippen LogP contribution in [0.3, 0.4) is 0 Å². The van der Waals surface area contributed by atoms with Gasteiger partial charge in [-0.2, -0.15) is 0 Å². The number of hydrogen-bond acceptors (Lipinski definition) is 6. The van der Waals surface area contributed by atoms with Gasteiger partial charge in [0.2, 0.25) is 0 Å². The van der Waals surface area contributed by atoms with Crippen LogP contribution in [0.4, 0.5) is 5.69 Å². The number of nitrogens with zero attached hydrogens (tertiary/aromatic N) is 1. The number of methoxy groups -OCH3 is 1. The second-order valence-corrected chi connectivity index (χ2v) is 7.31. The Balaban J connectivity index is 2.44. The van der Waals surface area contributed by atoms with Crippen molar-refractivity contribution in [3.63, 3.8) is 0 Å². The first-order chi connectivity index (χ1) is 9.82. The van der Waals surface area contributed by atoms with Crippen molar-refractivity contribution in [2.45, 2.75) is 24.2 Å². The molecule has 9 heteroatoms. The van der Waals surface area contributed by atoms with E-state index < -0.39 is 24.6 Å². The molecular formula is C12H14ClNO6S. The zero-order chi connectivity index (χ0) is 15.6. The maximum Gasteiger partial charge on any atom is 0.274 e. The highest BCUT2D eigenvalue weighted by Gasteiger charge is 2.27. The predicted octanol–water partition coefficient (Wildman–Crippen LogP) is 2.71. The fraction of sp³-hybridized carbons (Fsp3) is 0.500. The van der Waals surface area contributed by atoms with Crippen molar-refractivity contribution >= 4 is 25.4 Å². The highest BCUT2D eigenvalue weighted by atomic mass is 35.7. The number of non-ortho nitro benzene ring substituents is 1. The average molecular weight is 336 g/mol. The Hall–Kier alpha value is -1.54. The monoisotopic (exact) mass is 335 g/mol. The first kappa shape index (κ1) is 15.8. The van der Waals surface area contributed by atoms with Crippen LogP contribution in [0.2, 0.25) is 0 Å². The second kappa shape index (κ2) is 6.07. The van der Waals surface area contributed by atoms with Gasteiger partial charge in [-0.25, -0.2) is 8.42 Å². The number of ether oxygens (including phenoxy) is 2. The molecule has 1 aliphatic carbocycles. The van der Waals surface area contributed by atoms with Gasteiger partial charge in [0.1, 0.15) is 4.90 Å². The smallest absolute Gasteiger partial charge is 0.274 e. The normalized spacial score (nSPS) is 15.3. The number of nitro benzene ring substituents is 1. The average Bonchev–Trinajstić information content (AvgIpc) is 2.34. The largest absolute Gasteiger partial charge is 0.492 e. The summed E-state index contributed by atoms with van der Waals surface area (Å²) in [6.07, 6.45) is 3.18. The molecule has 21 heavy (non-hydrogen) atoms. The van der Waals surface area contributed by atoms with Crippen molar-refractivity contribution in [1.82, 2.24) is 0 Å². The maximum atomic E-state index is 11.6. The highest BCUT2D eigenvalue weighted by molar-refractivity contribution is 8.13. The van der Waals surface area contributed by atoms with Crippen LogP contribution < -0.4 is 9.47 Å². The van der Waals surface area contributed by atoms with E-state index in [2.05, 4.69) is 0 Å². The topological polar surface area (TPSA) is 95.7 Å². The minimum atomic E-state index is -4.19. The number of hydrogen-bond donors (Lipinski definition) is 0. The molecule has 116 valence electrons. The molecule has 1 aliphatic rings. The molecule has 0 bridgehead atoms. The van der Waals surface area contributed by atoms with Crippen molar-refractivity contribution in [1.29, 1.82) is 0 Å². The number of nitro groups is 1. The molecule has 0 atom stereocenters. The van der Waals surface area contributed by atoms with Gasteiger partial charge >= 0.3 is 0 Å². The van der Waals surface area contributed by atoms with Crippen LogP contribution in [0, 0.1) is 16.0 Å². The molecule has 2 rings (SSSR count). The fourth-order valence-corrected chi connectivity index (χ4v) is 3.04. The third kappa shape index (κ3) is 3.56. The van der Waals surface area contributed by atoms with E-state index in [1.54, 1.807) is 0 Å². The lowest BCUT2D eigenvalue weighted by molar-refractivity contribution is -0.385. The number of rotatable bonds is 6. The molecule has 0 radical (unpaired) electrons. The quantitative estimate of drug-likeness (QED) is 0.450. The van der Waals surface area contributed by atoms with Crippen molar-refractivity contribution in [2.24, 2.45) is 5.92 Å². The lowest BCUT2D eigenvalue weighted by atomic mass is 9.86. The minimum Gasteiger partial charge on any atom is -0.492 e. The van der Waals surface area contributed by atoms with Gasteiger partial charge in [0, 0.05) is 16.7 Å². The van der Waals surface area contributed by atoms with E-state index in [-0.39, 0.29) is 11.5 Å². The molecule has 0 saturated heterocycles. The van der Waals surface area contributed by atoms with Gasteiger partial charge in [-0.15, -0.1) is 0 Å². The van der Waals surface area contributed by atoms with Crippen LogP contribution >= 0.6 is 10.7 Å². The predicted molar refractivity (Wildman–Crippen MR) is 75.5 cm³/mol. The zero-order valence-corrected chi connectivity index (χ0v) is 12.8. The second-order valence-electron chi connectivity index (χ2n) is 4.78. The molecular weight excluding hydrogens is 322 g/mol. The third-order valence-electron chi connectivity index (χ3n) is 3.38. The van der Waals surface area contributed by atoms with E-state index in [0.29, 0.717) is 12.5 Å². The first-order valence-corrected chi connectivity index (χ1v) is 8.57. The molecule has 0 N–H and O–H groups in total. The molecule has 1 aromatic carbocycles. The van der Waals surface area contributed by atoms with Gasteiger partial charge in [-0.3, -0.25) is 10.1 Å². The van der Waals surface area contributed by atoms with E-state index in [9.17, 15) is 18.5 Å². The van der Waals surface area contributed by atoms with Crippen molar-refractivity contribution in [3.05, 3.63) is 22.2 Å². The summed E-state index contributed by atoms with van der Waals surface area (Å²) in [6.45, 7) is 0.360. The molecule has 1 fully saturated rings. The summed E-state index contributed by atoms with van der Waals surface area (Å²) in [6, 6.07) is 2.00. The Morgan fingerprint density at radius 3 is 2.52 bits per heavy atom. The SMILES string of the molecule is COc1c(OCC2CCC2)cc([N+](=O)[O-])cc1S(=O)(=O)Cl. The van der Waals surface area contributed by atoms with E-state index in [1.165, 1.54) is 7.11 Å². The van der Waals surface area contributed by atoms with Gasteiger partial charge < -0.3 is 9.47 Å². The Morgan fingerprint density at radius 1 is 1.43 bits per heavy atom. The van der Waals surface area contributed by atoms with E-state index in [4.69, 9.17) is 20.2 Å². The summed E-state index contributed by atoms with van der Waals surface area (Å²) in [4.78, 5) is 9.73. The van der Waals surface area contributed by atoms with Crippen LogP contribution in [-0.4, -0.2) is 27.1 Å². The molecule has 0 unspecified atom stereocenters.